The number of hydrogen-bond donors (Lipinski definition) is 2. The van der Waals surface area contributed by atoms with E-state index < -0.39 is 17.5 Å². The number of benzene rings is 1. The number of carbonyl (C=O) groups excluding carboxylic acids is 2. The Morgan fingerprint density at radius 1 is 1.29 bits per heavy atom. The van der Waals surface area contributed by atoms with Crippen molar-refractivity contribution in [3.63, 3.8) is 0 Å². The van der Waals surface area contributed by atoms with E-state index in [1.54, 1.807) is 0 Å². The zero-order chi connectivity index (χ0) is 20.3. The van der Waals surface area contributed by atoms with Crippen LogP contribution in [0.5, 0.6) is 0 Å². The molecule has 1 aromatic carbocycles. The topological polar surface area (TPSA) is 113 Å². The maximum atomic E-state index is 12.6. The molecule has 1 fully saturated rings. The van der Waals surface area contributed by atoms with E-state index >= 15 is 0 Å². The van der Waals surface area contributed by atoms with E-state index in [0.29, 0.717) is 19.3 Å². The molecule has 3 rings (SSSR count). The van der Waals surface area contributed by atoms with Gasteiger partial charge in [0.25, 0.3) is 5.91 Å². The SMILES string of the molecule is Cc1ccc(-n2ncc(C(=O)N[C@@H](CC(C)C)C(=O)NC3(C#N)CC3)n2)cc1. The molecule has 1 saturated carbocycles. The molecule has 0 spiro atoms. The van der Waals surface area contributed by atoms with E-state index in [1.165, 1.54) is 11.0 Å². The van der Waals surface area contributed by atoms with E-state index in [9.17, 15) is 14.9 Å². The maximum Gasteiger partial charge on any atom is 0.274 e. The largest absolute Gasteiger partial charge is 0.339 e. The molecule has 8 heteroatoms. The van der Waals surface area contributed by atoms with Crippen molar-refractivity contribution >= 4 is 11.8 Å². The van der Waals surface area contributed by atoms with E-state index in [0.717, 1.165) is 11.3 Å². The van der Waals surface area contributed by atoms with Crippen molar-refractivity contribution in [3.05, 3.63) is 41.7 Å². The van der Waals surface area contributed by atoms with Gasteiger partial charge in [-0.05, 0) is 44.2 Å². The molecule has 8 nitrogen and oxygen atoms in total. The maximum absolute atomic E-state index is 12.6. The van der Waals surface area contributed by atoms with Crippen LogP contribution in [0.4, 0.5) is 0 Å². The minimum absolute atomic E-state index is 0.128. The molecule has 0 radical (unpaired) electrons. The summed E-state index contributed by atoms with van der Waals surface area (Å²) in [5, 5.41) is 23.0. The van der Waals surface area contributed by atoms with Crippen LogP contribution in [0.15, 0.2) is 30.5 Å². The van der Waals surface area contributed by atoms with E-state index in [1.807, 2.05) is 45.0 Å². The normalized spacial score (nSPS) is 15.5. The quantitative estimate of drug-likeness (QED) is 0.762. The van der Waals surface area contributed by atoms with Crippen LogP contribution in [-0.2, 0) is 4.79 Å². The van der Waals surface area contributed by atoms with Crippen LogP contribution in [0.1, 0.15) is 49.2 Å². The highest BCUT2D eigenvalue weighted by molar-refractivity contribution is 5.96. The lowest BCUT2D eigenvalue weighted by molar-refractivity contribution is -0.123. The van der Waals surface area contributed by atoms with Crippen LogP contribution >= 0.6 is 0 Å². The second-order valence-electron chi connectivity index (χ2n) is 7.69. The van der Waals surface area contributed by atoms with Gasteiger partial charge in [0, 0.05) is 0 Å². The number of nitrogens with zero attached hydrogens (tertiary/aromatic N) is 4. The lowest BCUT2D eigenvalue weighted by Gasteiger charge is -2.21. The molecule has 1 atom stereocenters. The average molecular weight is 380 g/mol. The molecule has 0 bridgehead atoms. The lowest BCUT2D eigenvalue weighted by Crippen LogP contribution is -2.50. The van der Waals surface area contributed by atoms with Crippen LogP contribution in [0, 0.1) is 24.2 Å². The summed E-state index contributed by atoms with van der Waals surface area (Å²) in [5.74, 6) is -0.621. The number of aryl methyl sites for hydroxylation is 1. The summed E-state index contributed by atoms with van der Waals surface area (Å²) in [4.78, 5) is 26.6. The Morgan fingerprint density at radius 2 is 1.96 bits per heavy atom. The summed E-state index contributed by atoms with van der Waals surface area (Å²) in [6.45, 7) is 5.92. The van der Waals surface area contributed by atoms with Crippen LogP contribution in [0.3, 0.4) is 0 Å². The number of amides is 2. The second-order valence-corrected chi connectivity index (χ2v) is 7.69. The van der Waals surface area contributed by atoms with Gasteiger partial charge in [0.15, 0.2) is 5.69 Å². The van der Waals surface area contributed by atoms with Crippen LogP contribution in [0.25, 0.3) is 5.69 Å². The third-order valence-electron chi connectivity index (χ3n) is 4.64. The second kappa shape index (κ2) is 7.80. The van der Waals surface area contributed by atoms with Crippen molar-refractivity contribution in [1.82, 2.24) is 25.6 Å². The highest BCUT2D eigenvalue weighted by Crippen LogP contribution is 2.34. The standard InChI is InChI=1S/C20H24N6O2/c1-13(2)10-16(19(28)24-20(12-21)8-9-20)23-18(27)17-11-22-26(25-17)15-6-4-14(3)5-7-15/h4-7,11,13,16H,8-10H2,1-3H3,(H,23,27)(H,24,28)/t16-/m0/s1. The van der Waals surface area contributed by atoms with Crippen molar-refractivity contribution < 1.29 is 9.59 Å². The molecule has 146 valence electrons. The van der Waals surface area contributed by atoms with Crippen molar-refractivity contribution in [2.24, 2.45) is 5.92 Å². The zero-order valence-electron chi connectivity index (χ0n) is 16.3. The molecule has 0 unspecified atom stereocenters. The van der Waals surface area contributed by atoms with E-state index in [4.69, 9.17) is 0 Å². The summed E-state index contributed by atoms with van der Waals surface area (Å²) in [6, 6.07) is 9.00. The molecule has 2 amide bonds. The fraction of sp³-hybridized carbons (Fsp3) is 0.450. The number of rotatable bonds is 7. The van der Waals surface area contributed by atoms with Gasteiger partial charge in [-0.25, -0.2) is 0 Å². The smallest absolute Gasteiger partial charge is 0.274 e. The highest BCUT2D eigenvalue weighted by atomic mass is 16.2. The molecular weight excluding hydrogens is 356 g/mol. The summed E-state index contributed by atoms with van der Waals surface area (Å²) >= 11 is 0. The molecule has 1 aromatic heterocycles. The van der Waals surface area contributed by atoms with Crippen LogP contribution in [0.2, 0.25) is 0 Å². The minimum Gasteiger partial charge on any atom is -0.339 e. The summed E-state index contributed by atoms with van der Waals surface area (Å²) in [7, 11) is 0. The molecule has 1 aliphatic carbocycles. The minimum atomic E-state index is -0.772. The Hall–Kier alpha value is -3.21. The van der Waals surface area contributed by atoms with E-state index in [-0.39, 0.29) is 17.5 Å². The molecule has 28 heavy (non-hydrogen) atoms. The third-order valence-corrected chi connectivity index (χ3v) is 4.64. The Labute approximate surface area is 163 Å². The highest BCUT2D eigenvalue weighted by Gasteiger charge is 2.45. The first-order chi connectivity index (χ1) is 13.3. The lowest BCUT2D eigenvalue weighted by atomic mass is 10.0. The zero-order valence-corrected chi connectivity index (χ0v) is 16.3. The van der Waals surface area contributed by atoms with Gasteiger partial charge in [0.05, 0.1) is 18.0 Å². The first-order valence-corrected chi connectivity index (χ1v) is 9.35. The third kappa shape index (κ3) is 4.55. The van der Waals surface area contributed by atoms with E-state index in [2.05, 4.69) is 26.9 Å². The fourth-order valence-electron chi connectivity index (χ4n) is 2.82. The molecular formula is C20H24N6O2. The van der Waals surface area contributed by atoms with Gasteiger partial charge >= 0.3 is 0 Å². The average Bonchev–Trinajstić information content (AvgIpc) is 3.25. The monoisotopic (exact) mass is 380 g/mol. The van der Waals surface area contributed by atoms with Gasteiger partial charge in [-0.2, -0.15) is 15.2 Å². The predicted octanol–water partition coefficient (Wildman–Crippen LogP) is 1.89. The van der Waals surface area contributed by atoms with Gasteiger partial charge in [-0.3, -0.25) is 9.59 Å². The number of hydrogen-bond acceptors (Lipinski definition) is 5. The van der Waals surface area contributed by atoms with Gasteiger partial charge < -0.3 is 10.6 Å². The molecule has 2 aromatic rings. The number of carbonyl (C=O) groups is 2. The molecule has 2 N–H and O–H groups in total. The first kappa shape index (κ1) is 19.5. The molecule has 0 aliphatic heterocycles. The molecule has 1 heterocycles. The predicted molar refractivity (Wildman–Crippen MR) is 103 cm³/mol. The Morgan fingerprint density at radius 3 is 2.54 bits per heavy atom. The summed E-state index contributed by atoms with van der Waals surface area (Å²) in [5.41, 5.74) is 1.21. The fourth-order valence-corrected chi connectivity index (χ4v) is 2.82. The Kier molecular flexibility index (Phi) is 5.45. The van der Waals surface area contributed by atoms with Crippen molar-refractivity contribution in [2.75, 3.05) is 0 Å². The van der Waals surface area contributed by atoms with Gasteiger partial charge in [-0.15, -0.1) is 5.10 Å². The van der Waals surface area contributed by atoms with Crippen molar-refractivity contribution in [2.45, 2.75) is 51.6 Å². The Balaban J connectivity index is 1.70. The Bertz CT molecular complexity index is 906. The summed E-state index contributed by atoms with van der Waals surface area (Å²) < 4.78 is 0. The molecule has 1 aliphatic rings. The molecule has 0 saturated heterocycles. The van der Waals surface area contributed by atoms with Crippen molar-refractivity contribution in [3.8, 4) is 11.8 Å². The van der Waals surface area contributed by atoms with Gasteiger partial charge in [0.1, 0.15) is 11.6 Å². The van der Waals surface area contributed by atoms with Gasteiger partial charge in [0.2, 0.25) is 5.91 Å². The first-order valence-electron chi connectivity index (χ1n) is 9.35. The van der Waals surface area contributed by atoms with Gasteiger partial charge in [-0.1, -0.05) is 31.5 Å². The van der Waals surface area contributed by atoms with Crippen LogP contribution in [-0.4, -0.2) is 38.4 Å². The number of aromatic nitrogens is 3. The van der Waals surface area contributed by atoms with Crippen LogP contribution < -0.4 is 10.6 Å². The van der Waals surface area contributed by atoms with Crippen molar-refractivity contribution in [1.29, 1.82) is 5.26 Å². The number of nitriles is 1. The number of nitrogens with one attached hydrogen (secondary N) is 2. The summed E-state index contributed by atoms with van der Waals surface area (Å²) in [6.07, 6.45) is 3.12.